The van der Waals surface area contributed by atoms with Crippen LogP contribution in [0.5, 0.6) is 0 Å². The zero-order chi connectivity index (χ0) is 25.9. The maximum Gasteiger partial charge on any atom is 0.417 e. The van der Waals surface area contributed by atoms with E-state index in [9.17, 15) is 34.8 Å². The fraction of sp³-hybridized carbons (Fsp3) is 0.136. The van der Waals surface area contributed by atoms with Crippen molar-refractivity contribution in [2.24, 2.45) is 0 Å². The van der Waals surface area contributed by atoms with Gasteiger partial charge in [0, 0.05) is 23.7 Å². The van der Waals surface area contributed by atoms with Crippen LogP contribution < -0.4 is 10.0 Å². The Balaban J connectivity index is 1.83. The fourth-order valence-corrected chi connectivity index (χ4v) is 5.79. The zero-order valence-electron chi connectivity index (χ0n) is 17.7. The lowest BCUT2D eigenvalue weighted by molar-refractivity contribution is -0.139. The summed E-state index contributed by atoms with van der Waals surface area (Å²) >= 11 is 5.74. The monoisotopic (exact) mass is 546 g/mol. The van der Waals surface area contributed by atoms with Gasteiger partial charge >= 0.3 is 6.18 Å². The van der Waals surface area contributed by atoms with Crippen molar-refractivity contribution in [2.75, 3.05) is 13.1 Å². The molecule has 13 heteroatoms. The molecule has 0 saturated heterocycles. The Morgan fingerprint density at radius 3 is 2.06 bits per heavy atom. The molecule has 0 radical (unpaired) electrons. The molecule has 7 nitrogen and oxygen atoms in total. The van der Waals surface area contributed by atoms with Crippen LogP contribution in [0.15, 0.2) is 87.5 Å². The minimum atomic E-state index is -5.07. The van der Waals surface area contributed by atoms with E-state index in [0.717, 1.165) is 0 Å². The lowest BCUT2D eigenvalue weighted by Gasteiger charge is -2.16. The number of hydrogen-bond donors (Lipinski definition) is 2. The minimum Gasteiger partial charge on any atom is -0.351 e. The van der Waals surface area contributed by atoms with Crippen LogP contribution >= 0.6 is 11.6 Å². The molecule has 0 heterocycles. The second-order valence-corrected chi connectivity index (χ2v) is 11.3. The normalized spacial score (nSPS) is 12.3. The van der Waals surface area contributed by atoms with Crippen molar-refractivity contribution < 1.29 is 34.8 Å². The molecule has 1 amide bonds. The van der Waals surface area contributed by atoms with Crippen LogP contribution in [-0.2, 0) is 26.0 Å². The number of carbonyl (C=O) groups excluding carboxylic acids is 1. The lowest BCUT2D eigenvalue weighted by atomic mass is 10.2. The summed E-state index contributed by atoms with van der Waals surface area (Å²) in [4.78, 5) is 10.0. The molecule has 0 aliphatic carbocycles. The van der Waals surface area contributed by atoms with Gasteiger partial charge in [0.25, 0.3) is 5.91 Å². The van der Waals surface area contributed by atoms with Crippen molar-refractivity contribution in [2.45, 2.75) is 20.9 Å². The van der Waals surface area contributed by atoms with Crippen LogP contribution in [0.1, 0.15) is 15.9 Å². The highest BCUT2D eigenvalue weighted by Crippen LogP contribution is 2.36. The molecular weight excluding hydrogens is 529 g/mol. The topological polar surface area (TPSA) is 109 Å². The Kier molecular flexibility index (Phi) is 7.90. The van der Waals surface area contributed by atoms with Gasteiger partial charge in [-0.2, -0.15) is 13.2 Å². The molecule has 0 aliphatic rings. The van der Waals surface area contributed by atoms with Crippen LogP contribution in [0, 0.1) is 0 Å². The van der Waals surface area contributed by atoms with E-state index >= 15 is 0 Å². The molecule has 3 aromatic carbocycles. The second-order valence-electron chi connectivity index (χ2n) is 7.13. The van der Waals surface area contributed by atoms with Crippen molar-refractivity contribution in [3.05, 3.63) is 88.9 Å². The van der Waals surface area contributed by atoms with Crippen LogP contribution in [0.25, 0.3) is 0 Å². The van der Waals surface area contributed by atoms with Gasteiger partial charge in [-0.25, -0.2) is 21.6 Å². The first kappa shape index (κ1) is 26.7. The third-order valence-electron chi connectivity index (χ3n) is 4.72. The summed E-state index contributed by atoms with van der Waals surface area (Å²) in [5, 5.41) is 2.83. The molecule has 0 unspecified atom stereocenters. The van der Waals surface area contributed by atoms with Crippen LogP contribution in [0.2, 0.25) is 5.02 Å². The zero-order valence-corrected chi connectivity index (χ0v) is 20.1. The molecule has 0 fully saturated rings. The molecule has 35 heavy (non-hydrogen) atoms. The molecular formula is C22H18ClF3N2O5S2. The number of sulfone groups is 1. The predicted octanol–water partition coefficient (Wildman–Crippen LogP) is 3.90. The van der Waals surface area contributed by atoms with Crippen molar-refractivity contribution >= 4 is 37.4 Å². The second kappa shape index (κ2) is 10.4. The molecule has 0 saturated carbocycles. The van der Waals surface area contributed by atoms with Gasteiger partial charge in [0.1, 0.15) is 0 Å². The largest absolute Gasteiger partial charge is 0.417 e. The van der Waals surface area contributed by atoms with E-state index in [2.05, 4.69) is 5.32 Å². The van der Waals surface area contributed by atoms with Crippen LogP contribution in [0.4, 0.5) is 13.2 Å². The molecule has 3 aromatic rings. The van der Waals surface area contributed by atoms with Gasteiger partial charge in [0.15, 0.2) is 0 Å². The summed E-state index contributed by atoms with van der Waals surface area (Å²) in [7, 11) is -9.09. The summed E-state index contributed by atoms with van der Waals surface area (Å²) < 4.78 is 93.7. The summed E-state index contributed by atoms with van der Waals surface area (Å²) in [6, 6.07) is 14.3. The van der Waals surface area contributed by atoms with E-state index in [1.807, 2.05) is 4.72 Å². The summed E-state index contributed by atoms with van der Waals surface area (Å²) in [6.45, 7) is -0.696. The third kappa shape index (κ3) is 6.40. The first-order chi connectivity index (χ1) is 16.3. The Morgan fingerprint density at radius 1 is 0.829 bits per heavy atom. The summed E-state index contributed by atoms with van der Waals surface area (Å²) in [5.41, 5.74) is -1.28. The van der Waals surface area contributed by atoms with Crippen molar-refractivity contribution in [1.82, 2.24) is 10.0 Å². The van der Waals surface area contributed by atoms with Gasteiger partial charge in [-0.3, -0.25) is 4.79 Å². The third-order valence-corrected chi connectivity index (χ3v) is 8.24. The number of alkyl halides is 3. The summed E-state index contributed by atoms with van der Waals surface area (Å²) in [5.74, 6) is -0.548. The van der Waals surface area contributed by atoms with E-state index in [0.29, 0.717) is 23.2 Å². The van der Waals surface area contributed by atoms with Gasteiger partial charge in [0.05, 0.1) is 20.2 Å². The van der Waals surface area contributed by atoms with Gasteiger partial charge in [0.2, 0.25) is 19.9 Å². The number of halogens is 4. The van der Waals surface area contributed by atoms with Crippen molar-refractivity contribution in [1.29, 1.82) is 0 Å². The predicted molar refractivity (Wildman–Crippen MR) is 122 cm³/mol. The first-order valence-corrected chi connectivity index (χ1v) is 13.2. The molecule has 0 spiro atoms. The van der Waals surface area contributed by atoms with Gasteiger partial charge in [-0.05, 0) is 54.6 Å². The fourth-order valence-electron chi connectivity index (χ4n) is 3.00. The number of hydrogen-bond acceptors (Lipinski definition) is 5. The van der Waals surface area contributed by atoms with Crippen molar-refractivity contribution in [3.8, 4) is 0 Å². The number of carbonyl (C=O) groups is 1. The molecule has 0 aromatic heterocycles. The molecule has 0 bridgehead atoms. The Morgan fingerprint density at radius 2 is 1.46 bits per heavy atom. The van der Waals surface area contributed by atoms with Crippen LogP contribution in [-0.4, -0.2) is 35.8 Å². The Hall–Kier alpha value is -2.93. The number of benzene rings is 3. The number of nitrogens with one attached hydrogen (secondary N) is 2. The molecule has 186 valence electrons. The van der Waals surface area contributed by atoms with E-state index in [1.54, 1.807) is 6.07 Å². The van der Waals surface area contributed by atoms with Gasteiger partial charge < -0.3 is 5.32 Å². The van der Waals surface area contributed by atoms with Crippen LogP contribution in [0.3, 0.4) is 0 Å². The van der Waals surface area contributed by atoms with Gasteiger partial charge in [-0.15, -0.1) is 0 Å². The minimum absolute atomic E-state index is 0.207. The molecule has 2 N–H and O–H groups in total. The maximum absolute atomic E-state index is 13.5. The highest BCUT2D eigenvalue weighted by molar-refractivity contribution is 7.91. The van der Waals surface area contributed by atoms with E-state index in [-0.39, 0.29) is 17.0 Å². The quantitative estimate of drug-likeness (QED) is 0.417. The Bertz CT molecular complexity index is 1430. The average molecular weight is 547 g/mol. The first-order valence-electron chi connectivity index (χ1n) is 9.87. The molecule has 0 atom stereocenters. The highest BCUT2D eigenvalue weighted by Gasteiger charge is 2.38. The molecule has 0 aliphatic heterocycles. The molecule has 3 rings (SSSR count). The maximum atomic E-state index is 13.5. The van der Waals surface area contributed by atoms with Gasteiger partial charge in [-0.1, -0.05) is 29.8 Å². The SMILES string of the molecule is O=C(NCCNS(=O)(=O)c1cc(S(=O)(=O)c2ccccc2)ccc1C(F)(F)F)c1ccc(Cl)cc1. The van der Waals surface area contributed by atoms with E-state index in [4.69, 9.17) is 11.6 Å². The summed E-state index contributed by atoms with van der Waals surface area (Å²) in [6.07, 6.45) is -5.07. The highest BCUT2D eigenvalue weighted by atomic mass is 35.5. The Labute approximate surface area is 204 Å². The van der Waals surface area contributed by atoms with Crippen molar-refractivity contribution in [3.63, 3.8) is 0 Å². The van der Waals surface area contributed by atoms with E-state index in [1.165, 1.54) is 48.5 Å². The number of amides is 1. The average Bonchev–Trinajstić information content (AvgIpc) is 2.81. The van der Waals surface area contributed by atoms with E-state index < -0.39 is 53.8 Å². The smallest absolute Gasteiger partial charge is 0.351 e. The standard InChI is InChI=1S/C22H18ClF3N2O5S2/c23-16-8-6-15(7-9-16)21(29)27-12-13-28-35(32,33)20-14-18(10-11-19(20)22(24,25)26)34(30,31)17-4-2-1-3-5-17/h1-11,14,28H,12-13H2,(H,27,29). The lowest BCUT2D eigenvalue weighted by Crippen LogP contribution is -2.35. The number of rotatable bonds is 8. The number of sulfonamides is 1.